The Labute approximate surface area is 82.5 Å². The number of aromatic nitrogens is 1. The molecule has 0 unspecified atom stereocenters. The molecule has 5 N–H and O–H groups in total. The molecule has 14 heavy (non-hydrogen) atoms. The van der Waals surface area contributed by atoms with Crippen molar-refractivity contribution in [2.45, 2.75) is 19.4 Å². The van der Waals surface area contributed by atoms with Crippen molar-refractivity contribution in [1.82, 2.24) is 4.98 Å². The summed E-state index contributed by atoms with van der Waals surface area (Å²) in [5.41, 5.74) is 11.2. The van der Waals surface area contributed by atoms with Crippen LogP contribution in [0.3, 0.4) is 0 Å². The molecule has 0 bridgehead atoms. The molecule has 0 atom stereocenters. The highest BCUT2D eigenvalue weighted by Crippen LogP contribution is 2.20. The van der Waals surface area contributed by atoms with Crippen LogP contribution in [0.15, 0.2) is 18.5 Å². The lowest BCUT2D eigenvalue weighted by atomic mass is 10.0. The van der Waals surface area contributed by atoms with Gasteiger partial charge in [0.1, 0.15) is 5.54 Å². The Morgan fingerprint density at radius 3 is 2.71 bits per heavy atom. The zero-order valence-electron chi connectivity index (χ0n) is 8.24. The van der Waals surface area contributed by atoms with Gasteiger partial charge in [0, 0.05) is 6.20 Å². The van der Waals surface area contributed by atoms with Crippen LogP contribution in [0.2, 0.25) is 0 Å². The molecule has 1 aromatic heterocycles. The minimum Gasteiger partial charge on any atom is -0.396 e. The maximum Gasteiger partial charge on any atom is 0.242 e. The van der Waals surface area contributed by atoms with Crippen LogP contribution >= 0.6 is 0 Å². The first-order valence-electron chi connectivity index (χ1n) is 4.21. The summed E-state index contributed by atoms with van der Waals surface area (Å²) in [6.07, 6.45) is 3.11. The minimum atomic E-state index is -0.824. The van der Waals surface area contributed by atoms with Gasteiger partial charge < -0.3 is 16.8 Å². The number of primary amides is 1. The summed E-state index contributed by atoms with van der Waals surface area (Å²) >= 11 is 0. The van der Waals surface area contributed by atoms with Crippen molar-refractivity contribution in [3.63, 3.8) is 0 Å². The minimum absolute atomic E-state index is 0.436. The van der Waals surface area contributed by atoms with Gasteiger partial charge in [-0.1, -0.05) is 0 Å². The van der Waals surface area contributed by atoms with Crippen LogP contribution in [0.5, 0.6) is 0 Å². The van der Waals surface area contributed by atoms with Crippen molar-refractivity contribution in [1.29, 1.82) is 0 Å². The van der Waals surface area contributed by atoms with E-state index in [1.54, 1.807) is 26.1 Å². The Morgan fingerprint density at radius 1 is 1.57 bits per heavy atom. The van der Waals surface area contributed by atoms with Crippen LogP contribution < -0.4 is 16.8 Å². The second-order valence-corrected chi connectivity index (χ2v) is 3.58. The third kappa shape index (κ3) is 2.12. The van der Waals surface area contributed by atoms with E-state index in [0.29, 0.717) is 11.4 Å². The number of nitrogens with one attached hydrogen (secondary N) is 1. The number of pyridine rings is 1. The van der Waals surface area contributed by atoms with Crippen molar-refractivity contribution in [2.24, 2.45) is 5.73 Å². The molecule has 1 amide bonds. The number of carbonyl (C=O) groups is 1. The maximum absolute atomic E-state index is 11.0. The summed E-state index contributed by atoms with van der Waals surface area (Å²) in [5, 5.41) is 2.95. The third-order valence-electron chi connectivity index (χ3n) is 1.92. The fourth-order valence-corrected chi connectivity index (χ4v) is 0.919. The van der Waals surface area contributed by atoms with Gasteiger partial charge in [-0.15, -0.1) is 0 Å². The predicted molar refractivity (Wildman–Crippen MR) is 55.5 cm³/mol. The lowest BCUT2D eigenvalue weighted by Crippen LogP contribution is -2.45. The van der Waals surface area contributed by atoms with Gasteiger partial charge in [0.15, 0.2) is 0 Å². The van der Waals surface area contributed by atoms with Gasteiger partial charge in [-0.2, -0.15) is 0 Å². The maximum atomic E-state index is 11.0. The molecule has 0 aromatic carbocycles. The molecule has 0 radical (unpaired) electrons. The number of nitrogens with zero attached hydrogens (tertiary/aromatic N) is 1. The number of nitrogens with two attached hydrogens (primary N) is 2. The van der Waals surface area contributed by atoms with E-state index < -0.39 is 11.4 Å². The summed E-state index contributed by atoms with van der Waals surface area (Å²) in [6.45, 7) is 3.38. The molecular formula is C9H14N4O. The second kappa shape index (κ2) is 3.53. The molecule has 76 valence electrons. The van der Waals surface area contributed by atoms with E-state index in [2.05, 4.69) is 10.3 Å². The Kier molecular flexibility index (Phi) is 2.60. The lowest BCUT2D eigenvalue weighted by Gasteiger charge is -2.24. The highest BCUT2D eigenvalue weighted by atomic mass is 16.1. The Morgan fingerprint density at radius 2 is 2.21 bits per heavy atom. The highest BCUT2D eigenvalue weighted by Gasteiger charge is 2.24. The highest BCUT2D eigenvalue weighted by molar-refractivity contribution is 5.88. The molecule has 0 spiro atoms. The smallest absolute Gasteiger partial charge is 0.242 e. The first kappa shape index (κ1) is 10.3. The summed E-state index contributed by atoms with van der Waals surface area (Å²) in [6, 6.07) is 1.69. The van der Waals surface area contributed by atoms with E-state index in [4.69, 9.17) is 11.5 Å². The SMILES string of the molecule is CC(C)(Nc1ccncc1N)C(N)=O. The fraction of sp³-hybridized carbons (Fsp3) is 0.333. The average Bonchev–Trinajstić information content (AvgIpc) is 2.08. The topological polar surface area (TPSA) is 94.0 Å². The van der Waals surface area contributed by atoms with E-state index in [0.717, 1.165) is 0 Å². The van der Waals surface area contributed by atoms with Crippen LogP contribution in [0, 0.1) is 0 Å². The van der Waals surface area contributed by atoms with E-state index >= 15 is 0 Å². The third-order valence-corrected chi connectivity index (χ3v) is 1.92. The molecule has 5 heteroatoms. The van der Waals surface area contributed by atoms with Crippen LogP contribution in [-0.4, -0.2) is 16.4 Å². The van der Waals surface area contributed by atoms with E-state index in [1.807, 2.05) is 0 Å². The Balaban J connectivity index is 2.89. The van der Waals surface area contributed by atoms with Crippen molar-refractivity contribution >= 4 is 17.3 Å². The first-order valence-corrected chi connectivity index (χ1v) is 4.21. The van der Waals surface area contributed by atoms with Crippen LogP contribution in [0.1, 0.15) is 13.8 Å². The summed E-state index contributed by atoms with van der Waals surface area (Å²) in [5.74, 6) is -0.436. The van der Waals surface area contributed by atoms with Crippen molar-refractivity contribution in [3.8, 4) is 0 Å². The summed E-state index contributed by atoms with van der Waals surface area (Å²) in [7, 11) is 0. The molecule has 0 aliphatic rings. The zero-order valence-corrected chi connectivity index (χ0v) is 8.24. The quantitative estimate of drug-likeness (QED) is 0.646. The van der Waals surface area contributed by atoms with Crippen molar-refractivity contribution < 1.29 is 4.79 Å². The second-order valence-electron chi connectivity index (χ2n) is 3.58. The van der Waals surface area contributed by atoms with E-state index in [-0.39, 0.29) is 0 Å². The van der Waals surface area contributed by atoms with Crippen molar-refractivity contribution in [2.75, 3.05) is 11.1 Å². The average molecular weight is 194 g/mol. The Bertz CT molecular complexity index is 348. The molecule has 5 nitrogen and oxygen atoms in total. The van der Waals surface area contributed by atoms with E-state index in [1.165, 1.54) is 6.20 Å². The zero-order chi connectivity index (χ0) is 10.8. The standard InChI is InChI=1S/C9H14N4O/c1-9(2,8(11)14)13-7-3-4-12-5-6(7)10/h3-5H,10H2,1-2H3,(H2,11,14)(H,12,13). The van der Waals surface area contributed by atoms with Gasteiger partial charge in [-0.3, -0.25) is 9.78 Å². The van der Waals surface area contributed by atoms with Gasteiger partial charge in [0.2, 0.25) is 5.91 Å². The van der Waals surface area contributed by atoms with Gasteiger partial charge in [-0.25, -0.2) is 0 Å². The predicted octanol–water partition coefficient (Wildman–Crippen LogP) is 0.340. The summed E-state index contributed by atoms with van der Waals surface area (Å²) in [4.78, 5) is 14.9. The molecule has 0 fully saturated rings. The molecule has 0 saturated carbocycles. The fourth-order valence-electron chi connectivity index (χ4n) is 0.919. The van der Waals surface area contributed by atoms with Crippen LogP contribution in [0.25, 0.3) is 0 Å². The van der Waals surface area contributed by atoms with Crippen molar-refractivity contribution in [3.05, 3.63) is 18.5 Å². The monoisotopic (exact) mass is 194 g/mol. The first-order chi connectivity index (χ1) is 6.43. The van der Waals surface area contributed by atoms with Crippen LogP contribution in [-0.2, 0) is 4.79 Å². The molecule has 0 aliphatic carbocycles. The molecule has 1 rings (SSSR count). The summed E-state index contributed by atoms with van der Waals surface area (Å²) < 4.78 is 0. The molecule has 1 heterocycles. The molecule has 1 aromatic rings. The van der Waals surface area contributed by atoms with Gasteiger partial charge in [-0.05, 0) is 19.9 Å². The van der Waals surface area contributed by atoms with E-state index in [9.17, 15) is 4.79 Å². The number of rotatable bonds is 3. The van der Waals surface area contributed by atoms with Gasteiger partial charge >= 0.3 is 0 Å². The largest absolute Gasteiger partial charge is 0.396 e. The molecular weight excluding hydrogens is 180 g/mol. The molecule has 0 aliphatic heterocycles. The number of hydrogen-bond acceptors (Lipinski definition) is 4. The number of carbonyl (C=O) groups excluding carboxylic acids is 1. The normalized spacial score (nSPS) is 11.0. The lowest BCUT2D eigenvalue weighted by molar-refractivity contribution is -0.121. The number of anilines is 2. The van der Waals surface area contributed by atoms with Crippen LogP contribution in [0.4, 0.5) is 11.4 Å². The van der Waals surface area contributed by atoms with Gasteiger partial charge in [0.05, 0.1) is 17.6 Å². The molecule has 0 saturated heterocycles. The van der Waals surface area contributed by atoms with Gasteiger partial charge in [0.25, 0.3) is 0 Å². The number of amides is 1. The number of nitrogen functional groups attached to an aromatic ring is 1. The number of hydrogen-bond donors (Lipinski definition) is 3. The Hall–Kier alpha value is -1.78.